The number of nitrogens with zero attached hydrogens (tertiary/aromatic N) is 2. The number of rotatable bonds is 3. The van der Waals surface area contributed by atoms with Crippen molar-refractivity contribution in [2.75, 3.05) is 5.75 Å². The minimum Gasteiger partial charge on any atom is -0.287 e. The van der Waals surface area contributed by atoms with Crippen LogP contribution in [0.1, 0.15) is 12.7 Å². The summed E-state index contributed by atoms with van der Waals surface area (Å²) in [6, 6.07) is 1.43. The average molecular weight is 251 g/mol. The summed E-state index contributed by atoms with van der Waals surface area (Å²) in [4.78, 5) is 19.0. The number of carbonyl (C=O) groups excluding carboxylic acids is 1. The van der Waals surface area contributed by atoms with Gasteiger partial charge in [0, 0.05) is 6.07 Å². The molecule has 0 spiro atoms. The first-order chi connectivity index (χ1) is 6.61. The molecule has 6 heteroatoms. The van der Waals surface area contributed by atoms with Crippen molar-refractivity contribution in [3.63, 3.8) is 0 Å². The van der Waals surface area contributed by atoms with Gasteiger partial charge in [-0.05, 0) is 5.75 Å². The van der Waals surface area contributed by atoms with Gasteiger partial charge in [0.2, 0.25) is 0 Å². The van der Waals surface area contributed by atoms with Crippen LogP contribution in [0.5, 0.6) is 0 Å². The first-order valence-corrected chi connectivity index (χ1v) is 5.70. The predicted molar refractivity (Wildman–Crippen MR) is 58.9 cm³/mol. The topological polar surface area (TPSA) is 42.9 Å². The van der Waals surface area contributed by atoms with Crippen molar-refractivity contribution >= 4 is 40.1 Å². The molecule has 0 aliphatic rings. The molecule has 1 heterocycles. The lowest BCUT2D eigenvalue weighted by Gasteiger charge is -1.99. The van der Waals surface area contributed by atoms with Crippen LogP contribution in [0.15, 0.2) is 6.07 Å². The van der Waals surface area contributed by atoms with E-state index in [9.17, 15) is 4.79 Å². The van der Waals surface area contributed by atoms with Gasteiger partial charge >= 0.3 is 0 Å². The molecule has 0 aliphatic heterocycles. The molecule has 0 amide bonds. The molecule has 0 unspecified atom stereocenters. The number of thioether (sulfide) groups is 1. The van der Waals surface area contributed by atoms with Gasteiger partial charge in [-0.2, -0.15) is 0 Å². The normalized spacial score (nSPS) is 10.2. The van der Waals surface area contributed by atoms with Gasteiger partial charge in [-0.15, -0.1) is 0 Å². The Morgan fingerprint density at radius 1 is 1.43 bits per heavy atom. The lowest BCUT2D eigenvalue weighted by atomic mass is 10.4. The van der Waals surface area contributed by atoms with Crippen LogP contribution in [0.2, 0.25) is 10.3 Å². The van der Waals surface area contributed by atoms with E-state index in [2.05, 4.69) is 9.97 Å². The van der Waals surface area contributed by atoms with Crippen molar-refractivity contribution in [2.24, 2.45) is 0 Å². The number of hydrogen-bond acceptors (Lipinski definition) is 4. The summed E-state index contributed by atoms with van der Waals surface area (Å²) in [6.45, 7) is 1.91. The summed E-state index contributed by atoms with van der Waals surface area (Å²) in [5.41, 5.74) is 0. The van der Waals surface area contributed by atoms with Crippen LogP contribution in [0.3, 0.4) is 0 Å². The highest BCUT2D eigenvalue weighted by Gasteiger charge is 2.07. The Bertz CT molecular complexity index is 326. The van der Waals surface area contributed by atoms with Gasteiger partial charge in [0.15, 0.2) is 5.12 Å². The van der Waals surface area contributed by atoms with E-state index < -0.39 is 0 Å². The fraction of sp³-hybridized carbons (Fsp3) is 0.375. The highest BCUT2D eigenvalue weighted by molar-refractivity contribution is 8.13. The van der Waals surface area contributed by atoms with Crippen molar-refractivity contribution in [3.8, 4) is 0 Å². The van der Waals surface area contributed by atoms with Gasteiger partial charge in [-0.1, -0.05) is 41.9 Å². The fourth-order valence-electron chi connectivity index (χ4n) is 0.855. The minimum absolute atomic E-state index is 0.0193. The van der Waals surface area contributed by atoms with E-state index in [1.54, 1.807) is 0 Å². The van der Waals surface area contributed by atoms with Crippen molar-refractivity contribution < 1.29 is 4.79 Å². The third-order valence-corrected chi connectivity index (χ3v) is 2.46. The van der Waals surface area contributed by atoms with Gasteiger partial charge in [-0.3, -0.25) is 4.79 Å². The zero-order valence-corrected chi connectivity index (χ0v) is 9.79. The highest BCUT2D eigenvalue weighted by atomic mass is 35.5. The number of halogens is 2. The Hall–Kier alpha value is -0.320. The molecule has 0 saturated carbocycles. The molecule has 14 heavy (non-hydrogen) atoms. The first-order valence-electron chi connectivity index (χ1n) is 3.96. The lowest BCUT2D eigenvalue weighted by molar-refractivity contribution is -0.110. The van der Waals surface area contributed by atoms with E-state index in [1.807, 2.05) is 6.92 Å². The van der Waals surface area contributed by atoms with Gasteiger partial charge in [0.25, 0.3) is 0 Å². The molecule has 0 fully saturated rings. The average Bonchev–Trinajstić information content (AvgIpc) is 2.01. The largest absolute Gasteiger partial charge is 0.287 e. The molecule has 1 aromatic rings. The quantitative estimate of drug-likeness (QED) is 0.774. The van der Waals surface area contributed by atoms with Gasteiger partial charge < -0.3 is 0 Å². The second-order valence-corrected chi connectivity index (χ2v) is 4.51. The van der Waals surface area contributed by atoms with Crippen LogP contribution in [0.25, 0.3) is 0 Å². The van der Waals surface area contributed by atoms with Crippen molar-refractivity contribution in [1.82, 2.24) is 9.97 Å². The van der Waals surface area contributed by atoms with Crippen LogP contribution < -0.4 is 0 Å². The Morgan fingerprint density at radius 2 is 2.00 bits per heavy atom. The molecule has 0 bridgehead atoms. The molecular weight excluding hydrogens is 243 g/mol. The monoisotopic (exact) mass is 250 g/mol. The summed E-state index contributed by atoms with van der Waals surface area (Å²) in [5, 5.41) is 0.537. The maximum absolute atomic E-state index is 11.2. The van der Waals surface area contributed by atoms with Crippen molar-refractivity contribution in [1.29, 1.82) is 0 Å². The Balaban J connectivity index is 2.71. The zero-order chi connectivity index (χ0) is 10.6. The van der Waals surface area contributed by atoms with E-state index >= 15 is 0 Å². The maximum Gasteiger partial charge on any atom is 0.196 e. The zero-order valence-electron chi connectivity index (χ0n) is 7.46. The van der Waals surface area contributed by atoms with Gasteiger partial charge in [0.1, 0.15) is 16.1 Å². The van der Waals surface area contributed by atoms with Crippen molar-refractivity contribution in [3.05, 3.63) is 22.2 Å². The predicted octanol–water partition coefficient (Wildman–Crippen LogP) is 2.61. The van der Waals surface area contributed by atoms with Crippen LogP contribution in [-0.4, -0.2) is 20.8 Å². The lowest BCUT2D eigenvalue weighted by Crippen LogP contribution is -2.03. The van der Waals surface area contributed by atoms with Crippen molar-refractivity contribution in [2.45, 2.75) is 13.3 Å². The van der Waals surface area contributed by atoms with Crippen LogP contribution in [0.4, 0.5) is 0 Å². The second-order valence-electron chi connectivity index (χ2n) is 2.41. The molecule has 1 aromatic heterocycles. The molecule has 3 nitrogen and oxygen atoms in total. The Labute approximate surface area is 96.2 Å². The van der Waals surface area contributed by atoms with E-state index in [4.69, 9.17) is 23.2 Å². The highest BCUT2D eigenvalue weighted by Crippen LogP contribution is 2.13. The van der Waals surface area contributed by atoms with Gasteiger partial charge in [-0.25, -0.2) is 9.97 Å². The molecule has 0 saturated heterocycles. The van der Waals surface area contributed by atoms with Crippen LogP contribution in [0, 0.1) is 0 Å². The van der Waals surface area contributed by atoms with E-state index in [0.29, 0.717) is 5.82 Å². The summed E-state index contributed by atoms with van der Waals surface area (Å²) in [5.74, 6) is 1.11. The molecule has 76 valence electrons. The number of aromatic nitrogens is 2. The summed E-state index contributed by atoms with van der Waals surface area (Å²) in [7, 11) is 0. The standard InChI is InChI=1S/C8H8Cl2N2OS/c1-2-14-8(13)4-7-11-5(9)3-6(10)12-7/h3H,2,4H2,1H3. The minimum atomic E-state index is 0.0193. The van der Waals surface area contributed by atoms with Crippen LogP contribution in [-0.2, 0) is 11.2 Å². The number of carbonyl (C=O) groups is 1. The molecule has 1 rings (SSSR count). The van der Waals surface area contributed by atoms with E-state index in [1.165, 1.54) is 17.8 Å². The summed E-state index contributed by atoms with van der Waals surface area (Å²) in [6.07, 6.45) is 0.165. The third-order valence-electron chi connectivity index (χ3n) is 1.32. The molecular formula is C8H8Cl2N2OS. The molecule has 0 N–H and O–H groups in total. The second kappa shape index (κ2) is 5.53. The molecule has 0 aromatic carbocycles. The maximum atomic E-state index is 11.2. The SMILES string of the molecule is CCSC(=O)Cc1nc(Cl)cc(Cl)n1. The van der Waals surface area contributed by atoms with E-state index in [-0.39, 0.29) is 21.8 Å². The van der Waals surface area contributed by atoms with Crippen LogP contribution >= 0.6 is 35.0 Å². The number of hydrogen-bond donors (Lipinski definition) is 0. The Morgan fingerprint density at radius 3 is 2.50 bits per heavy atom. The first kappa shape index (κ1) is 11.8. The summed E-state index contributed by atoms with van der Waals surface area (Å²) < 4.78 is 0. The molecule has 0 atom stereocenters. The summed E-state index contributed by atoms with van der Waals surface area (Å²) >= 11 is 12.5. The molecule has 0 aliphatic carbocycles. The molecule has 0 radical (unpaired) electrons. The smallest absolute Gasteiger partial charge is 0.196 e. The Kier molecular flexibility index (Phi) is 4.65. The fourth-order valence-corrected chi connectivity index (χ4v) is 1.87. The third kappa shape index (κ3) is 3.82. The van der Waals surface area contributed by atoms with E-state index in [0.717, 1.165) is 5.75 Å². The van der Waals surface area contributed by atoms with Gasteiger partial charge in [0.05, 0.1) is 6.42 Å².